The molecule has 0 bridgehead atoms. The van der Waals surface area contributed by atoms with E-state index in [4.69, 9.17) is 24.9 Å². The van der Waals surface area contributed by atoms with E-state index in [0.717, 1.165) is 95.4 Å². The van der Waals surface area contributed by atoms with Gasteiger partial charge in [-0.25, -0.2) is 19.9 Å². The molecule has 0 saturated heterocycles. The number of fused-ring (bicyclic) bond motifs is 21. The Morgan fingerprint density at radius 3 is 1.04 bits per heavy atom. The Balaban J connectivity index is 0.684. The first-order valence-corrected chi connectivity index (χ1v) is 40.0. The molecule has 2 spiro atoms. The second-order valence-electron chi connectivity index (χ2n) is 29.7. The van der Waals surface area contributed by atoms with Crippen molar-refractivity contribution in [3.63, 3.8) is 0 Å². The van der Waals surface area contributed by atoms with Crippen LogP contribution in [0.15, 0.2) is 408 Å². The van der Waals surface area contributed by atoms with Crippen molar-refractivity contribution in [3.05, 3.63) is 433 Å². The molecule has 113 heavy (non-hydrogen) atoms. The molecule has 19 aromatic rings. The highest BCUT2D eigenvalue weighted by molar-refractivity contribution is 7.99. The fourth-order valence-electron chi connectivity index (χ4n) is 18.6. The van der Waals surface area contributed by atoms with E-state index in [1.165, 1.54) is 108 Å². The molecular formula is C105H64N6S2. The number of para-hydroxylation sites is 2. The summed E-state index contributed by atoms with van der Waals surface area (Å²) in [6.07, 6.45) is 1.84. The molecule has 0 saturated carbocycles. The van der Waals surface area contributed by atoms with Crippen LogP contribution in [-0.2, 0) is 10.8 Å². The summed E-state index contributed by atoms with van der Waals surface area (Å²) in [5.74, 6) is 1.27. The van der Waals surface area contributed by atoms with Crippen LogP contribution in [0, 0.1) is 0 Å². The van der Waals surface area contributed by atoms with Gasteiger partial charge in [-0.15, -0.1) is 0 Å². The van der Waals surface area contributed by atoms with Gasteiger partial charge in [0.15, 0.2) is 11.6 Å². The monoisotopic (exact) mass is 1470 g/mol. The highest BCUT2D eigenvalue weighted by Gasteiger charge is 2.52. The van der Waals surface area contributed by atoms with Gasteiger partial charge in [-0.05, 0) is 192 Å². The summed E-state index contributed by atoms with van der Waals surface area (Å²) in [5.41, 5.74) is 32.8. The molecule has 6 heterocycles. The van der Waals surface area contributed by atoms with Crippen LogP contribution in [0.5, 0.6) is 0 Å². The van der Waals surface area contributed by atoms with E-state index in [2.05, 4.69) is 375 Å². The number of rotatable bonds is 10. The Morgan fingerprint density at radius 1 is 0.212 bits per heavy atom. The minimum absolute atomic E-state index is 0.556. The summed E-state index contributed by atoms with van der Waals surface area (Å²) >= 11 is 3.70. The van der Waals surface area contributed by atoms with Gasteiger partial charge >= 0.3 is 0 Å². The van der Waals surface area contributed by atoms with Gasteiger partial charge in [0.2, 0.25) is 0 Å². The molecule has 4 aliphatic rings. The van der Waals surface area contributed by atoms with Gasteiger partial charge in [0, 0.05) is 81.2 Å². The third-order valence-corrected chi connectivity index (χ3v) is 26.0. The van der Waals surface area contributed by atoms with E-state index in [1.807, 2.05) is 41.9 Å². The Hall–Kier alpha value is -13.9. The van der Waals surface area contributed by atoms with Gasteiger partial charge in [-0.3, -0.25) is 4.98 Å². The number of benzene rings is 15. The van der Waals surface area contributed by atoms with E-state index in [-0.39, 0.29) is 0 Å². The topological polar surface area (TPSA) is 69.4 Å². The Bertz CT molecular complexity index is 6970. The van der Waals surface area contributed by atoms with E-state index in [0.29, 0.717) is 11.6 Å². The van der Waals surface area contributed by atoms with Crippen LogP contribution in [0.3, 0.4) is 0 Å². The molecule has 2 aliphatic heterocycles. The van der Waals surface area contributed by atoms with Gasteiger partial charge in [0.1, 0.15) is 0 Å². The van der Waals surface area contributed by atoms with Gasteiger partial charge in [0.25, 0.3) is 0 Å². The van der Waals surface area contributed by atoms with Crippen LogP contribution in [0.25, 0.3) is 151 Å². The molecule has 0 atom stereocenters. The zero-order valence-electron chi connectivity index (χ0n) is 61.0. The summed E-state index contributed by atoms with van der Waals surface area (Å²) < 4.78 is 2.38. The smallest absolute Gasteiger partial charge is 0.160 e. The lowest BCUT2D eigenvalue weighted by Crippen LogP contribution is -2.32. The van der Waals surface area contributed by atoms with E-state index >= 15 is 0 Å². The molecule has 0 fully saturated rings. The van der Waals surface area contributed by atoms with Crippen molar-refractivity contribution >= 4 is 45.3 Å². The minimum Gasteiger partial charge on any atom is -0.309 e. The van der Waals surface area contributed by atoms with Crippen LogP contribution in [0.4, 0.5) is 0 Å². The molecule has 15 aromatic carbocycles. The number of hydrogen-bond donors (Lipinski definition) is 0. The normalized spacial score (nSPS) is 13.4. The van der Waals surface area contributed by atoms with Crippen LogP contribution >= 0.6 is 23.5 Å². The van der Waals surface area contributed by atoms with Gasteiger partial charge < -0.3 is 4.57 Å². The number of nitrogens with zero attached hydrogens (tertiary/aromatic N) is 6. The molecule has 0 radical (unpaired) electrons. The Kier molecular flexibility index (Phi) is 14.9. The first-order chi connectivity index (χ1) is 56.0. The van der Waals surface area contributed by atoms with Crippen molar-refractivity contribution in [2.45, 2.75) is 30.4 Å². The third kappa shape index (κ3) is 10.2. The first-order valence-electron chi connectivity index (χ1n) is 38.4. The maximum absolute atomic E-state index is 5.63. The zero-order chi connectivity index (χ0) is 74.3. The van der Waals surface area contributed by atoms with Crippen molar-refractivity contribution in [2.24, 2.45) is 0 Å². The second kappa shape index (κ2) is 25.9. The highest BCUT2D eigenvalue weighted by atomic mass is 32.2. The molecule has 0 unspecified atom stereocenters. The van der Waals surface area contributed by atoms with Crippen molar-refractivity contribution in [1.29, 1.82) is 0 Å². The minimum atomic E-state index is -0.561. The fraction of sp³-hybridized carbons (Fsp3) is 0.0190. The van der Waals surface area contributed by atoms with Gasteiger partial charge in [-0.2, -0.15) is 0 Å². The van der Waals surface area contributed by atoms with Crippen LogP contribution in [0.1, 0.15) is 44.5 Å². The Morgan fingerprint density at radius 2 is 0.558 bits per heavy atom. The lowest BCUT2D eigenvalue weighted by atomic mass is 9.67. The lowest BCUT2D eigenvalue weighted by molar-refractivity contribution is 0.722. The molecule has 2 aliphatic carbocycles. The van der Waals surface area contributed by atoms with Crippen molar-refractivity contribution in [3.8, 4) is 129 Å². The average Bonchev–Trinajstić information content (AvgIpc) is 1.60. The first kappa shape index (κ1) is 65.0. The average molecular weight is 1470 g/mol. The summed E-state index contributed by atoms with van der Waals surface area (Å²) in [4.78, 5) is 32.0. The second-order valence-corrected chi connectivity index (χ2v) is 31.8. The fourth-order valence-corrected chi connectivity index (χ4v) is 21.0. The Labute approximate surface area is 662 Å². The maximum Gasteiger partial charge on any atom is 0.160 e. The van der Waals surface area contributed by atoms with E-state index in [9.17, 15) is 0 Å². The number of aromatic nitrogens is 6. The SMILES string of the molecule is c1ccc(-c2nc(-c3cc(-c4ccc(-c5nc(-c6ccc(-c7ccccn7)cc6)cc(-c6ccc7c(c6)C6(c8ccccc8S7)c7ccccc7-c7ccccc76)n5)cc4)cc(-c4ccc(-n5c6ccccc6c6ccccc65)cc4)c3)cc(-c3ccc4c(c3)C3(c5ccccc5S4)c4ccccc4-c4ccccc43)n2)cc1. The predicted molar refractivity (Wildman–Crippen MR) is 462 cm³/mol. The third-order valence-electron chi connectivity index (χ3n) is 23.7. The zero-order valence-corrected chi connectivity index (χ0v) is 62.6. The van der Waals surface area contributed by atoms with Crippen LogP contribution < -0.4 is 0 Å². The molecule has 23 rings (SSSR count). The summed E-state index contributed by atoms with van der Waals surface area (Å²) in [6, 6.07) is 140. The predicted octanol–water partition coefficient (Wildman–Crippen LogP) is 26.4. The molecular weight excluding hydrogens is 1410 g/mol. The van der Waals surface area contributed by atoms with E-state index < -0.39 is 10.8 Å². The highest BCUT2D eigenvalue weighted by Crippen LogP contribution is 2.65. The quantitative estimate of drug-likeness (QED) is 0.135. The largest absolute Gasteiger partial charge is 0.309 e. The molecule has 6 nitrogen and oxygen atoms in total. The summed E-state index contributed by atoms with van der Waals surface area (Å²) in [7, 11) is 0. The van der Waals surface area contributed by atoms with Crippen molar-refractivity contribution in [1.82, 2.24) is 29.5 Å². The van der Waals surface area contributed by atoms with Crippen LogP contribution in [-0.4, -0.2) is 29.5 Å². The van der Waals surface area contributed by atoms with Crippen molar-refractivity contribution < 1.29 is 0 Å². The summed E-state index contributed by atoms with van der Waals surface area (Å²) in [6.45, 7) is 0. The number of pyridine rings is 1. The molecule has 8 heteroatoms. The van der Waals surface area contributed by atoms with Crippen molar-refractivity contribution in [2.75, 3.05) is 0 Å². The molecule has 0 amide bonds. The molecule has 0 N–H and O–H groups in total. The number of hydrogen-bond acceptors (Lipinski definition) is 7. The standard InChI is InChI=1S/C105H64N6S2/c1-2-22-69(23-3-1)102-108-94(72-52-56-101-90(62-72)105(88-35-15-19-40-99(88)113-101)85-32-12-6-26-79(85)80-27-7-13-33-86(80)105)64-95(110-102)75-59-73(58-74(60-75)66-49-53-76(54-50-66)111-96-37-16-8-28-81(96)82-29-9-17-38-97(82)111)65-41-47-70(48-42-65)103-107-92(68-45-43-67(44-46-68)91-36-20-21-57-106-91)63-93(109-103)71-51-55-100-89(61-71)104(87-34-14-18-39-98(87)112-100)83-30-10-4-24-77(83)78-25-5-11-31-84(78)104/h1-64H. The lowest BCUT2D eigenvalue weighted by Gasteiger charge is -2.39. The van der Waals surface area contributed by atoms with Gasteiger partial charge in [0.05, 0.1) is 50.3 Å². The molecule has 526 valence electrons. The van der Waals surface area contributed by atoms with E-state index in [1.54, 1.807) is 0 Å². The van der Waals surface area contributed by atoms with Crippen LogP contribution in [0.2, 0.25) is 0 Å². The van der Waals surface area contributed by atoms with Gasteiger partial charge in [-0.1, -0.05) is 303 Å². The maximum atomic E-state index is 5.63. The summed E-state index contributed by atoms with van der Waals surface area (Å²) in [5, 5.41) is 2.45. The molecule has 4 aromatic heterocycles.